The van der Waals surface area contributed by atoms with Crippen LogP contribution in [-0.2, 0) is 16.0 Å². The molecule has 0 amide bonds. The average molecular weight is 179 g/mol. The Morgan fingerprint density at radius 2 is 2.31 bits per heavy atom. The van der Waals surface area contributed by atoms with Crippen molar-refractivity contribution < 1.29 is 9.53 Å². The summed E-state index contributed by atoms with van der Waals surface area (Å²) in [5.41, 5.74) is 1.84. The molecule has 13 heavy (non-hydrogen) atoms. The number of pyridine rings is 1. The Balaban J connectivity index is 2.54. The van der Waals surface area contributed by atoms with Crippen LogP contribution >= 0.6 is 0 Å². The molecule has 0 aliphatic rings. The van der Waals surface area contributed by atoms with Gasteiger partial charge in [-0.05, 0) is 25.5 Å². The zero-order valence-electron chi connectivity index (χ0n) is 7.91. The molecular formula is C10H13NO2. The summed E-state index contributed by atoms with van der Waals surface area (Å²) >= 11 is 0. The van der Waals surface area contributed by atoms with Gasteiger partial charge in [0.2, 0.25) is 0 Å². The molecule has 0 spiro atoms. The zero-order valence-corrected chi connectivity index (χ0v) is 7.91. The largest absolute Gasteiger partial charge is 0.466 e. The maximum atomic E-state index is 11.0. The van der Waals surface area contributed by atoms with E-state index >= 15 is 0 Å². The molecule has 3 nitrogen and oxygen atoms in total. The summed E-state index contributed by atoms with van der Waals surface area (Å²) in [5.74, 6) is -0.223. The summed E-state index contributed by atoms with van der Waals surface area (Å²) < 4.78 is 4.80. The van der Waals surface area contributed by atoms with Crippen LogP contribution in [0.5, 0.6) is 0 Å². The SMILES string of the molecule is CCOC(=O)Cc1ccc(C)cn1. The molecule has 1 aromatic rings. The number of aromatic nitrogens is 1. The van der Waals surface area contributed by atoms with E-state index in [-0.39, 0.29) is 12.4 Å². The van der Waals surface area contributed by atoms with Gasteiger partial charge in [-0.25, -0.2) is 0 Å². The van der Waals surface area contributed by atoms with Crippen molar-refractivity contribution in [2.24, 2.45) is 0 Å². The first-order valence-electron chi connectivity index (χ1n) is 4.29. The summed E-state index contributed by atoms with van der Waals surface area (Å²) in [6.45, 7) is 4.17. The highest BCUT2D eigenvalue weighted by Gasteiger charge is 2.03. The van der Waals surface area contributed by atoms with E-state index in [1.54, 1.807) is 13.1 Å². The molecule has 70 valence electrons. The lowest BCUT2D eigenvalue weighted by atomic mass is 10.2. The molecule has 1 heterocycles. The molecule has 3 heteroatoms. The number of hydrogen-bond donors (Lipinski definition) is 0. The van der Waals surface area contributed by atoms with Crippen molar-refractivity contribution in [3.8, 4) is 0 Å². The molecule has 1 rings (SSSR count). The fourth-order valence-electron chi connectivity index (χ4n) is 0.963. The summed E-state index contributed by atoms with van der Waals surface area (Å²) in [6, 6.07) is 3.77. The third-order valence-electron chi connectivity index (χ3n) is 1.60. The predicted molar refractivity (Wildman–Crippen MR) is 49.3 cm³/mol. The molecule has 0 aromatic carbocycles. The van der Waals surface area contributed by atoms with Gasteiger partial charge < -0.3 is 4.74 Å². The molecule has 0 radical (unpaired) electrons. The van der Waals surface area contributed by atoms with E-state index in [1.807, 2.05) is 19.1 Å². The van der Waals surface area contributed by atoms with Crippen LogP contribution in [0.2, 0.25) is 0 Å². The highest BCUT2D eigenvalue weighted by Crippen LogP contribution is 2.00. The second-order valence-electron chi connectivity index (χ2n) is 2.81. The van der Waals surface area contributed by atoms with Crippen LogP contribution in [0.1, 0.15) is 18.2 Å². The minimum Gasteiger partial charge on any atom is -0.466 e. The molecule has 0 atom stereocenters. The van der Waals surface area contributed by atoms with Crippen molar-refractivity contribution in [3.63, 3.8) is 0 Å². The van der Waals surface area contributed by atoms with Crippen molar-refractivity contribution in [1.82, 2.24) is 4.98 Å². The lowest BCUT2D eigenvalue weighted by molar-refractivity contribution is -0.142. The van der Waals surface area contributed by atoms with E-state index in [1.165, 1.54) is 0 Å². The number of aryl methyl sites for hydroxylation is 1. The highest BCUT2D eigenvalue weighted by atomic mass is 16.5. The number of esters is 1. The van der Waals surface area contributed by atoms with Crippen LogP contribution in [-0.4, -0.2) is 17.6 Å². The lowest BCUT2D eigenvalue weighted by Crippen LogP contribution is -2.08. The Bertz CT molecular complexity index is 279. The van der Waals surface area contributed by atoms with Gasteiger partial charge in [-0.1, -0.05) is 6.07 Å². The Hall–Kier alpha value is -1.38. The van der Waals surface area contributed by atoms with Crippen LogP contribution in [0.25, 0.3) is 0 Å². The first kappa shape index (κ1) is 9.71. The molecule has 0 aliphatic carbocycles. The van der Waals surface area contributed by atoms with Crippen molar-refractivity contribution in [2.75, 3.05) is 6.61 Å². The van der Waals surface area contributed by atoms with E-state index in [0.29, 0.717) is 6.61 Å². The van der Waals surface area contributed by atoms with Gasteiger partial charge in [0.15, 0.2) is 0 Å². The molecule has 0 aliphatic heterocycles. The van der Waals surface area contributed by atoms with E-state index < -0.39 is 0 Å². The summed E-state index contributed by atoms with van der Waals surface area (Å²) in [5, 5.41) is 0. The van der Waals surface area contributed by atoms with E-state index in [2.05, 4.69) is 4.98 Å². The summed E-state index contributed by atoms with van der Waals surface area (Å²) in [6.07, 6.45) is 2.00. The number of rotatable bonds is 3. The van der Waals surface area contributed by atoms with Gasteiger partial charge >= 0.3 is 5.97 Å². The number of ether oxygens (including phenoxy) is 1. The van der Waals surface area contributed by atoms with Crippen LogP contribution in [0, 0.1) is 6.92 Å². The number of nitrogens with zero attached hydrogens (tertiary/aromatic N) is 1. The summed E-state index contributed by atoms with van der Waals surface area (Å²) in [4.78, 5) is 15.1. The number of carbonyl (C=O) groups excluding carboxylic acids is 1. The fraction of sp³-hybridized carbons (Fsp3) is 0.400. The van der Waals surface area contributed by atoms with Crippen LogP contribution in [0.15, 0.2) is 18.3 Å². The van der Waals surface area contributed by atoms with Crippen molar-refractivity contribution in [3.05, 3.63) is 29.6 Å². The first-order valence-corrected chi connectivity index (χ1v) is 4.29. The van der Waals surface area contributed by atoms with Crippen molar-refractivity contribution in [1.29, 1.82) is 0 Å². The normalized spacial score (nSPS) is 9.69. The Labute approximate surface area is 77.8 Å². The topological polar surface area (TPSA) is 39.2 Å². The lowest BCUT2D eigenvalue weighted by Gasteiger charge is -2.00. The Kier molecular flexibility index (Phi) is 3.43. The van der Waals surface area contributed by atoms with Crippen LogP contribution in [0.4, 0.5) is 0 Å². The maximum absolute atomic E-state index is 11.0. The zero-order chi connectivity index (χ0) is 9.68. The van der Waals surface area contributed by atoms with Crippen LogP contribution in [0.3, 0.4) is 0 Å². The molecule has 0 N–H and O–H groups in total. The quantitative estimate of drug-likeness (QED) is 0.660. The summed E-state index contributed by atoms with van der Waals surface area (Å²) in [7, 11) is 0. The van der Waals surface area contributed by atoms with Crippen LogP contribution < -0.4 is 0 Å². The minimum absolute atomic E-state index is 0.223. The maximum Gasteiger partial charge on any atom is 0.311 e. The molecule has 0 saturated carbocycles. The molecule has 0 bridgehead atoms. The molecule has 0 fully saturated rings. The minimum atomic E-state index is -0.223. The third-order valence-corrected chi connectivity index (χ3v) is 1.60. The average Bonchev–Trinajstić information content (AvgIpc) is 2.09. The fourth-order valence-corrected chi connectivity index (χ4v) is 0.963. The Morgan fingerprint density at radius 1 is 1.54 bits per heavy atom. The standard InChI is InChI=1S/C10H13NO2/c1-3-13-10(12)6-9-5-4-8(2)7-11-9/h4-5,7H,3,6H2,1-2H3. The van der Waals surface area contributed by atoms with Gasteiger partial charge in [0.25, 0.3) is 0 Å². The molecule has 1 aromatic heterocycles. The van der Waals surface area contributed by atoms with Crippen molar-refractivity contribution in [2.45, 2.75) is 20.3 Å². The highest BCUT2D eigenvalue weighted by molar-refractivity contribution is 5.71. The van der Waals surface area contributed by atoms with Crippen molar-refractivity contribution >= 4 is 5.97 Å². The van der Waals surface area contributed by atoms with Gasteiger partial charge in [-0.3, -0.25) is 9.78 Å². The van der Waals surface area contributed by atoms with Gasteiger partial charge in [-0.2, -0.15) is 0 Å². The Morgan fingerprint density at radius 3 is 2.85 bits per heavy atom. The monoisotopic (exact) mass is 179 g/mol. The second kappa shape index (κ2) is 4.60. The van der Waals surface area contributed by atoms with E-state index in [4.69, 9.17) is 4.74 Å². The van der Waals surface area contributed by atoms with Gasteiger partial charge in [0, 0.05) is 6.20 Å². The molecule has 0 saturated heterocycles. The van der Waals surface area contributed by atoms with Gasteiger partial charge in [0.05, 0.1) is 18.7 Å². The van der Waals surface area contributed by atoms with Gasteiger partial charge in [-0.15, -0.1) is 0 Å². The third kappa shape index (κ3) is 3.23. The number of hydrogen-bond acceptors (Lipinski definition) is 3. The van der Waals surface area contributed by atoms with E-state index in [9.17, 15) is 4.79 Å². The second-order valence-corrected chi connectivity index (χ2v) is 2.81. The van der Waals surface area contributed by atoms with Gasteiger partial charge in [0.1, 0.15) is 0 Å². The predicted octanol–water partition coefficient (Wildman–Crippen LogP) is 1.50. The molecule has 0 unspecified atom stereocenters. The first-order chi connectivity index (χ1) is 6.22. The number of carbonyl (C=O) groups is 1. The van der Waals surface area contributed by atoms with E-state index in [0.717, 1.165) is 11.3 Å². The molecular weight excluding hydrogens is 166 g/mol. The smallest absolute Gasteiger partial charge is 0.311 e.